The number of likely N-dealkylation sites (tertiary alicyclic amines) is 1. The molecule has 230 valence electrons. The summed E-state index contributed by atoms with van der Waals surface area (Å²) in [6.45, 7) is -0.457. The van der Waals surface area contributed by atoms with Crippen LogP contribution >= 0.6 is 0 Å². The predicted molar refractivity (Wildman–Crippen MR) is 153 cm³/mol. The molecular formula is C27H34F2N10O4. The van der Waals surface area contributed by atoms with Crippen LogP contribution in [0.2, 0.25) is 0 Å². The zero-order valence-electron chi connectivity index (χ0n) is 23.5. The molecule has 16 heteroatoms. The molecule has 1 atom stereocenters. The van der Waals surface area contributed by atoms with Gasteiger partial charge in [-0.3, -0.25) is 24.2 Å². The normalized spacial score (nSPS) is 15.9. The van der Waals surface area contributed by atoms with Gasteiger partial charge in [-0.2, -0.15) is 5.26 Å². The summed E-state index contributed by atoms with van der Waals surface area (Å²) in [5.41, 5.74) is 7.01. The van der Waals surface area contributed by atoms with Crippen LogP contribution in [-0.4, -0.2) is 90.3 Å². The van der Waals surface area contributed by atoms with E-state index < -0.39 is 49.2 Å². The number of fused-ring (bicyclic) bond motifs is 1. The number of anilines is 1. The van der Waals surface area contributed by atoms with Crippen molar-refractivity contribution in [3.05, 3.63) is 47.9 Å². The number of likely N-dealkylation sites (N-methyl/N-ethyl adjacent to an activating group) is 1. The van der Waals surface area contributed by atoms with Crippen LogP contribution in [0.15, 0.2) is 42.4 Å². The number of halogens is 2. The molecule has 2 heterocycles. The Morgan fingerprint density at radius 1 is 1.19 bits per heavy atom. The van der Waals surface area contributed by atoms with E-state index in [1.165, 1.54) is 17.3 Å². The van der Waals surface area contributed by atoms with Gasteiger partial charge in [0.1, 0.15) is 6.04 Å². The Hall–Kier alpha value is -4.88. The minimum atomic E-state index is -3.17. The smallest absolute Gasteiger partial charge is 0.268 e. The number of nitrogens with zero attached hydrogens (tertiary/aromatic N) is 4. The molecule has 3 rings (SSSR count). The molecule has 0 saturated carbocycles. The molecule has 2 aromatic rings. The van der Waals surface area contributed by atoms with Crippen molar-refractivity contribution in [3.63, 3.8) is 0 Å². The van der Waals surface area contributed by atoms with Gasteiger partial charge >= 0.3 is 0 Å². The van der Waals surface area contributed by atoms with Crippen molar-refractivity contribution in [2.75, 3.05) is 45.1 Å². The number of benzene rings is 1. The quantitative estimate of drug-likeness (QED) is 0.131. The van der Waals surface area contributed by atoms with Crippen molar-refractivity contribution in [1.29, 1.82) is 5.26 Å². The first-order valence-corrected chi connectivity index (χ1v) is 13.4. The Balaban J connectivity index is 1.54. The van der Waals surface area contributed by atoms with E-state index in [0.29, 0.717) is 29.9 Å². The molecule has 43 heavy (non-hydrogen) atoms. The average Bonchev–Trinajstić information content (AvgIpc) is 3.29. The molecule has 1 unspecified atom stereocenters. The molecule has 1 aromatic carbocycles. The number of nitriles is 1. The van der Waals surface area contributed by atoms with E-state index in [2.05, 4.69) is 26.3 Å². The van der Waals surface area contributed by atoms with Gasteiger partial charge in [0.05, 0.1) is 42.5 Å². The van der Waals surface area contributed by atoms with Gasteiger partial charge in [0.15, 0.2) is 0 Å². The molecule has 1 saturated heterocycles. The van der Waals surface area contributed by atoms with Crippen LogP contribution in [0.5, 0.6) is 0 Å². The third-order valence-corrected chi connectivity index (χ3v) is 6.41. The molecule has 0 aliphatic carbocycles. The van der Waals surface area contributed by atoms with Gasteiger partial charge in [-0.05, 0) is 19.2 Å². The summed E-state index contributed by atoms with van der Waals surface area (Å²) >= 11 is 0. The molecule has 0 radical (unpaired) electrons. The Bertz CT molecular complexity index is 1430. The van der Waals surface area contributed by atoms with Crippen molar-refractivity contribution in [3.8, 4) is 6.07 Å². The van der Waals surface area contributed by atoms with Gasteiger partial charge in [-0.15, -0.1) is 0 Å². The number of hydrogen-bond acceptors (Lipinski definition) is 10. The number of carbonyl (C=O) groups is 4. The molecular weight excluding hydrogens is 566 g/mol. The van der Waals surface area contributed by atoms with E-state index in [9.17, 15) is 28.0 Å². The molecule has 1 aliphatic rings. The first-order chi connectivity index (χ1) is 20.4. The molecule has 8 N–H and O–H groups in total. The largest absolute Gasteiger partial charge is 0.400 e. The second-order valence-electron chi connectivity index (χ2n) is 9.84. The monoisotopic (exact) mass is 600 g/mol. The summed E-state index contributed by atoms with van der Waals surface area (Å²) in [7, 11) is 1.75. The minimum absolute atomic E-state index is 0.0797. The van der Waals surface area contributed by atoms with E-state index in [1.54, 1.807) is 37.5 Å². The highest BCUT2D eigenvalue weighted by Crippen LogP contribution is 2.31. The van der Waals surface area contributed by atoms with Crippen LogP contribution in [0.3, 0.4) is 0 Å². The third-order valence-electron chi connectivity index (χ3n) is 6.41. The summed E-state index contributed by atoms with van der Waals surface area (Å²) in [4.78, 5) is 55.1. The summed E-state index contributed by atoms with van der Waals surface area (Å²) in [5.74, 6) is 0.350. The Morgan fingerprint density at radius 3 is 2.65 bits per heavy atom. The molecule has 4 amide bonds. The molecule has 14 nitrogen and oxygen atoms in total. The highest BCUT2D eigenvalue weighted by Gasteiger charge is 2.47. The van der Waals surface area contributed by atoms with Gasteiger partial charge in [0, 0.05) is 55.8 Å². The zero-order chi connectivity index (χ0) is 31.6. The van der Waals surface area contributed by atoms with Crippen molar-refractivity contribution in [2.24, 2.45) is 11.6 Å². The van der Waals surface area contributed by atoms with Gasteiger partial charge in [0.2, 0.25) is 17.7 Å². The number of aromatic nitrogens is 1. The Labute approximate surface area is 246 Å². The maximum absolute atomic E-state index is 13.7. The third kappa shape index (κ3) is 9.31. The Kier molecular flexibility index (Phi) is 11.3. The van der Waals surface area contributed by atoms with Crippen molar-refractivity contribution in [1.82, 2.24) is 30.8 Å². The van der Waals surface area contributed by atoms with Crippen LogP contribution in [0.1, 0.15) is 29.6 Å². The number of nitrogens with one attached hydrogen (secondary N) is 4. The van der Waals surface area contributed by atoms with Gasteiger partial charge in [-0.1, -0.05) is 12.1 Å². The number of alkyl halides is 2. The van der Waals surface area contributed by atoms with Gasteiger partial charge in [0.25, 0.3) is 11.8 Å². The lowest BCUT2D eigenvalue weighted by atomic mass is 10.1. The fourth-order valence-electron chi connectivity index (χ4n) is 4.40. The number of nitrogens with two attached hydrogens (primary N) is 2. The maximum Gasteiger partial charge on any atom is 0.268 e. The fourth-order valence-corrected chi connectivity index (χ4v) is 4.40. The van der Waals surface area contributed by atoms with Crippen LogP contribution in [-0.2, 0) is 14.4 Å². The molecule has 1 aromatic heterocycles. The van der Waals surface area contributed by atoms with Crippen molar-refractivity contribution >= 4 is 40.2 Å². The van der Waals surface area contributed by atoms with E-state index in [-0.39, 0.29) is 36.4 Å². The van der Waals surface area contributed by atoms with Crippen molar-refractivity contribution in [2.45, 2.75) is 31.2 Å². The van der Waals surface area contributed by atoms with E-state index in [4.69, 9.17) is 16.8 Å². The topological polar surface area (TPSA) is 212 Å². The molecule has 1 fully saturated rings. The van der Waals surface area contributed by atoms with Crippen molar-refractivity contribution < 1.29 is 28.0 Å². The first kappa shape index (κ1) is 32.6. The van der Waals surface area contributed by atoms with Crippen LogP contribution in [0.4, 0.5) is 14.5 Å². The number of rotatable bonds is 13. The lowest BCUT2D eigenvalue weighted by Crippen LogP contribution is -2.43. The number of pyridine rings is 1. The number of hydrogen-bond donors (Lipinski definition) is 6. The first-order valence-electron chi connectivity index (χ1n) is 13.4. The van der Waals surface area contributed by atoms with Gasteiger partial charge < -0.3 is 36.9 Å². The van der Waals surface area contributed by atoms with E-state index in [1.807, 2.05) is 0 Å². The molecule has 0 spiro atoms. The van der Waals surface area contributed by atoms with Gasteiger partial charge in [-0.25, -0.2) is 14.6 Å². The fraction of sp³-hybridized carbons (Fsp3) is 0.407. The van der Waals surface area contributed by atoms with Crippen LogP contribution < -0.4 is 32.8 Å². The number of carbonyl (C=O) groups excluding carboxylic acids is 4. The zero-order valence-corrected chi connectivity index (χ0v) is 23.5. The van der Waals surface area contributed by atoms with Crippen LogP contribution in [0, 0.1) is 11.3 Å². The number of amides is 4. The summed E-state index contributed by atoms with van der Waals surface area (Å²) in [6.07, 6.45) is 1.94. The summed E-state index contributed by atoms with van der Waals surface area (Å²) in [6, 6.07) is 6.59. The maximum atomic E-state index is 13.7. The summed E-state index contributed by atoms with van der Waals surface area (Å²) < 4.78 is 27.4. The minimum Gasteiger partial charge on any atom is -0.400 e. The Morgan fingerprint density at radius 2 is 1.93 bits per heavy atom. The molecule has 0 bridgehead atoms. The SMILES string of the molecule is CNC/C(N)=C/N(N)CCNC(=O)CCC(=O)Nc1cccc2c(C(=O)NCC(=O)N3CC(F)(F)CC3C#N)ccnc12. The second-order valence-corrected chi connectivity index (χ2v) is 9.84. The number of para-hydroxylation sites is 1. The second kappa shape index (κ2) is 14.8. The summed E-state index contributed by atoms with van der Waals surface area (Å²) in [5, 5.41) is 21.5. The standard InChI is InChI=1S/C27H34F2N10O4/c1-33-13-17(31)15-38(32)10-9-34-22(40)5-6-23(41)37-21-4-2-3-19-20(7-8-35-25(19)21)26(43)36-14-24(42)39-16-27(28,29)11-18(39)12-30/h2-4,7-8,15,18,33H,5-6,9-11,13-14,16,31-32H2,1H3,(H,34,40)(H,36,43)(H,37,41)/b17-15-. The average molecular weight is 601 g/mol. The van der Waals surface area contributed by atoms with E-state index in [0.717, 1.165) is 4.90 Å². The lowest BCUT2D eigenvalue weighted by molar-refractivity contribution is -0.131. The van der Waals surface area contributed by atoms with Crippen LogP contribution in [0.25, 0.3) is 10.9 Å². The number of hydrazine groups is 1. The highest BCUT2D eigenvalue weighted by molar-refractivity contribution is 6.10. The predicted octanol–water partition coefficient (Wildman–Crippen LogP) is -0.246. The lowest BCUT2D eigenvalue weighted by Gasteiger charge is -2.19. The molecule has 1 aliphatic heterocycles. The van der Waals surface area contributed by atoms with E-state index >= 15 is 0 Å². The highest BCUT2D eigenvalue weighted by atomic mass is 19.3.